The molecule has 0 aromatic carbocycles. The first-order chi connectivity index (χ1) is 17.5. The molecule has 0 heterocycles. The van der Waals surface area contributed by atoms with Gasteiger partial charge in [-0.05, 0) is 71.0 Å². The third-order valence-corrected chi connectivity index (χ3v) is 26.3. The summed E-state index contributed by atoms with van der Waals surface area (Å²) < 4.78 is 12.6. The van der Waals surface area contributed by atoms with Crippen LogP contribution in [0.3, 0.4) is 0 Å². The van der Waals surface area contributed by atoms with Gasteiger partial charge in [-0.25, -0.2) is 0 Å². The van der Waals surface area contributed by atoms with Crippen molar-refractivity contribution in [2.45, 2.75) is 190 Å². The van der Waals surface area contributed by atoms with Crippen LogP contribution in [0.25, 0.3) is 4.75 Å². The first kappa shape index (κ1) is 40.3. The largest absolute Gasteiger partial charge is 1.00 e. The van der Waals surface area contributed by atoms with E-state index < -0.39 is 30.6 Å². The molecule has 0 atom stereocenters. The van der Waals surface area contributed by atoms with E-state index in [4.69, 9.17) is 14.7 Å². The zero-order chi connectivity index (χ0) is 26.6. The molecule has 0 aliphatic heterocycles. The van der Waals surface area contributed by atoms with Gasteiger partial charge in [0.2, 0.25) is 12.6 Å². The maximum absolute atomic E-state index is 6.31. The minimum absolute atomic E-state index is 0. The topological polar surface area (TPSA) is 26.5 Å². The van der Waals surface area contributed by atoms with Gasteiger partial charge in [-0.15, -0.1) is 0 Å². The van der Waals surface area contributed by atoms with Crippen molar-refractivity contribution in [3.8, 4) is 0 Å². The van der Waals surface area contributed by atoms with Crippen LogP contribution in [0.15, 0.2) is 4.41 Å². The van der Waals surface area contributed by atoms with Crippen molar-refractivity contribution in [2.75, 3.05) is 0 Å². The molecule has 0 saturated heterocycles. The number of hydrogen-bond donors (Lipinski definition) is 0. The van der Waals surface area contributed by atoms with E-state index in [1.54, 1.807) is 0 Å². The molecular formula is C31H62Cl2HfN2P2Si2-2. The van der Waals surface area contributed by atoms with E-state index in [1.807, 2.05) is 0 Å². The minimum Gasteiger partial charge on any atom is -1.00 e. The van der Waals surface area contributed by atoms with Gasteiger partial charge in [0, 0.05) is 55.5 Å². The molecule has 0 aromatic heterocycles. The van der Waals surface area contributed by atoms with E-state index in [-0.39, 0.29) is 50.7 Å². The first-order valence-corrected chi connectivity index (χ1v) is 27.2. The van der Waals surface area contributed by atoms with E-state index >= 15 is 0 Å². The zero-order valence-electron chi connectivity index (χ0n) is 27.0. The summed E-state index contributed by atoms with van der Waals surface area (Å²) in [7, 11) is -6.63. The van der Waals surface area contributed by atoms with Crippen molar-refractivity contribution in [3.05, 3.63) is 4.75 Å². The second-order valence-corrected chi connectivity index (χ2v) is 32.2. The van der Waals surface area contributed by atoms with Gasteiger partial charge >= 0.3 is 0 Å². The van der Waals surface area contributed by atoms with Gasteiger partial charge in [0.15, 0.2) is 8.24 Å². The molecule has 0 bridgehead atoms. The molecular weight excluding hydrogens is 768 g/mol. The Morgan fingerprint density at radius 3 is 1.10 bits per heavy atom. The Kier molecular flexibility index (Phi) is 18.0. The van der Waals surface area contributed by atoms with Crippen LogP contribution in [0.1, 0.15) is 128 Å². The predicted octanol–water partition coefficient (Wildman–Crippen LogP) is 6.14. The molecule has 9 heteroatoms. The van der Waals surface area contributed by atoms with Crippen LogP contribution in [-0.4, -0.2) is 44.6 Å². The molecule has 2 nitrogen and oxygen atoms in total. The summed E-state index contributed by atoms with van der Waals surface area (Å²) in [5, 5.41) is 0. The smallest absolute Gasteiger partial charge is 0.213 e. The minimum atomic E-state index is -1.69. The Labute approximate surface area is 284 Å². The van der Waals surface area contributed by atoms with Crippen LogP contribution in [0.5, 0.6) is 0 Å². The second kappa shape index (κ2) is 17.8. The standard InChI is InChI=1S/C31H62N2P2Si2.2ClH.Hf/c1-36(2,3)32-34(28-19-11-7-12-20-28,29-21-13-8-14-22-29)27-35(33-37(4,5)6,30-23-15-9-16-24-30)31-25-17-10-18-26-31;;;/h28-31H,7-26H2,1-6H3;2*1H;/p-2. The van der Waals surface area contributed by atoms with E-state index in [9.17, 15) is 0 Å². The van der Waals surface area contributed by atoms with E-state index in [1.165, 1.54) is 128 Å². The second-order valence-electron chi connectivity index (χ2n) is 15.3. The third-order valence-electron chi connectivity index (χ3n) is 9.78. The Morgan fingerprint density at radius 1 is 0.525 bits per heavy atom. The summed E-state index contributed by atoms with van der Waals surface area (Å²) in [6, 6.07) is 0. The number of rotatable bonds is 8. The summed E-state index contributed by atoms with van der Waals surface area (Å²) >= 11 is 0. The molecule has 0 N–H and O–H groups in total. The van der Waals surface area contributed by atoms with Gasteiger partial charge in [-0.3, -0.25) is 4.41 Å². The number of hydrogen-bond acceptors (Lipinski definition) is 1. The zero-order valence-corrected chi connectivity index (χ0v) is 35.9. The molecule has 4 aliphatic carbocycles. The molecule has 0 radical (unpaired) electrons. The molecule has 0 aromatic rings. The predicted molar refractivity (Wildman–Crippen MR) is 179 cm³/mol. The van der Waals surface area contributed by atoms with Crippen molar-refractivity contribution in [2.24, 2.45) is 4.41 Å². The summed E-state index contributed by atoms with van der Waals surface area (Å²) in [6.07, 6.45) is 29.0. The molecule has 0 amide bonds. The molecule has 0 spiro atoms. The number of nitrogens with zero attached hydrogens (tertiary/aromatic N) is 2. The first-order valence-electron chi connectivity index (χ1n) is 16.6. The van der Waals surface area contributed by atoms with Gasteiger partial charge in [0.25, 0.3) is 0 Å². The quantitative estimate of drug-likeness (QED) is 0.160. The fraction of sp³-hybridized carbons (Fsp3) is 0.968. The molecule has 4 saturated carbocycles. The molecule has 4 rings (SSSR count). The summed E-state index contributed by atoms with van der Waals surface area (Å²) in [6.45, 7) is 15.4. The van der Waals surface area contributed by atoms with E-state index in [2.05, 4.69) is 39.3 Å². The van der Waals surface area contributed by atoms with Gasteiger partial charge < -0.3 is 29.6 Å². The fourth-order valence-electron chi connectivity index (χ4n) is 8.44. The maximum Gasteiger partial charge on any atom is 0.213 e. The SMILES string of the molecule is C[Si](C)(C)N=P([C+]=P([N-][Si](C)(C)C)(C1CCCCC1)C1CCCCC1)(C1CCCCC1)C1CCCCC1.[Cl-].[Cl-].[Hf]. The Morgan fingerprint density at radius 2 is 0.825 bits per heavy atom. The normalized spacial score (nSPS) is 23.2. The van der Waals surface area contributed by atoms with E-state index in [0.717, 1.165) is 22.6 Å². The Bertz CT molecular complexity index is 791. The third kappa shape index (κ3) is 10.7. The van der Waals surface area contributed by atoms with Crippen LogP contribution in [0, 0.1) is 0 Å². The molecule has 4 aliphatic rings. The van der Waals surface area contributed by atoms with Crippen LogP contribution < -0.4 is 24.8 Å². The van der Waals surface area contributed by atoms with Crippen molar-refractivity contribution in [1.82, 2.24) is 0 Å². The van der Waals surface area contributed by atoms with Gasteiger partial charge in [-0.2, -0.15) is 0 Å². The molecule has 40 heavy (non-hydrogen) atoms. The van der Waals surface area contributed by atoms with Crippen molar-refractivity contribution >= 4 is 36.1 Å². The fourth-order valence-corrected chi connectivity index (χ4v) is 30.6. The average molecular weight is 830 g/mol. The van der Waals surface area contributed by atoms with Crippen molar-refractivity contribution < 1.29 is 50.7 Å². The van der Waals surface area contributed by atoms with E-state index in [0.29, 0.717) is 0 Å². The molecule has 234 valence electrons. The maximum atomic E-state index is 6.31. The number of halogens is 2. The van der Waals surface area contributed by atoms with Crippen molar-refractivity contribution in [3.63, 3.8) is 0 Å². The summed E-state index contributed by atoms with van der Waals surface area (Å²) in [5.74, 6) is 0. The van der Waals surface area contributed by atoms with Crippen LogP contribution in [0.2, 0.25) is 39.3 Å². The van der Waals surface area contributed by atoms with Gasteiger partial charge in [0.05, 0.1) is 0 Å². The van der Waals surface area contributed by atoms with Gasteiger partial charge in [-0.1, -0.05) is 105 Å². The Balaban J connectivity index is 0.00000267. The van der Waals surface area contributed by atoms with Crippen LogP contribution in [-0.2, 0) is 25.8 Å². The molecule has 0 unspecified atom stereocenters. The summed E-state index contributed by atoms with van der Waals surface area (Å²) in [5.41, 5.74) is 8.42. The van der Waals surface area contributed by atoms with Crippen LogP contribution >= 0.6 is 14.1 Å². The molecule has 4 fully saturated rings. The Hall–Kier alpha value is 2.28. The van der Waals surface area contributed by atoms with Crippen molar-refractivity contribution in [1.29, 1.82) is 0 Å². The monoisotopic (exact) mass is 830 g/mol. The summed E-state index contributed by atoms with van der Waals surface area (Å²) in [4.78, 5) is 0. The average Bonchev–Trinajstić information content (AvgIpc) is 2.88. The van der Waals surface area contributed by atoms with Gasteiger partial charge in [0.1, 0.15) is 0 Å². The van der Waals surface area contributed by atoms with Crippen LogP contribution in [0.4, 0.5) is 0 Å².